The van der Waals surface area contributed by atoms with Crippen molar-refractivity contribution in [1.29, 1.82) is 0 Å². The molecule has 0 N–H and O–H groups in total. The average molecular weight is 306 g/mol. The van der Waals surface area contributed by atoms with Crippen LogP contribution in [0.4, 0.5) is 0 Å². The molecule has 0 bridgehead atoms. The fraction of sp³-hybridized carbons (Fsp3) is 0.143. The van der Waals surface area contributed by atoms with Crippen LogP contribution in [0.25, 0.3) is 10.9 Å². The first-order valence-corrected chi connectivity index (χ1v) is 7.27. The van der Waals surface area contributed by atoms with Crippen molar-refractivity contribution in [2.75, 3.05) is 0 Å². The van der Waals surface area contributed by atoms with E-state index in [9.17, 15) is 0 Å². The van der Waals surface area contributed by atoms with E-state index in [1.54, 1.807) is 0 Å². The van der Waals surface area contributed by atoms with Gasteiger partial charge in [-0.1, -0.05) is 22.0 Å². The number of aromatic nitrogens is 1. The Balaban J connectivity index is 1.86. The van der Waals surface area contributed by atoms with Crippen molar-refractivity contribution in [1.82, 2.24) is 4.57 Å². The maximum Gasteiger partial charge on any atom is 0.0481 e. The molecule has 2 heterocycles. The average Bonchev–Trinajstić information content (AvgIpc) is 2.94. The summed E-state index contributed by atoms with van der Waals surface area (Å²) in [6.45, 7) is 1.05. The number of aryl methyl sites for hydroxylation is 2. The van der Waals surface area contributed by atoms with E-state index in [0.29, 0.717) is 0 Å². The van der Waals surface area contributed by atoms with Crippen LogP contribution in [0.3, 0.4) is 0 Å². The summed E-state index contributed by atoms with van der Waals surface area (Å²) in [6.07, 6.45) is 3.28. The number of hydrogen-bond acceptors (Lipinski definition) is 1. The van der Waals surface area contributed by atoms with Gasteiger partial charge in [0.1, 0.15) is 0 Å². The van der Waals surface area contributed by atoms with Gasteiger partial charge in [-0.25, -0.2) is 0 Å². The molecule has 0 aliphatic heterocycles. The van der Waals surface area contributed by atoms with Crippen LogP contribution >= 0.6 is 27.3 Å². The number of hydrogen-bond donors (Lipinski definition) is 0. The number of thiophene rings is 1. The minimum absolute atomic E-state index is 1.05. The van der Waals surface area contributed by atoms with Crippen molar-refractivity contribution in [2.24, 2.45) is 0 Å². The number of halogens is 1. The molecule has 3 aromatic rings. The van der Waals surface area contributed by atoms with E-state index in [1.165, 1.54) is 15.8 Å². The second-order valence-corrected chi connectivity index (χ2v) is 5.99. The number of benzene rings is 1. The monoisotopic (exact) mass is 305 g/mol. The van der Waals surface area contributed by atoms with Gasteiger partial charge in [-0.05, 0) is 42.1 Å². The molecule has 0 spiro atoms. The number of rotatable bonds is 3. The quantitative estimate of drug-likeness (QED) is 0.660. The predicted molar refractivity (Wildman–Crippen MR) is 77.7 cm³/mol. The third-order valence-corrected chi connectivity index (χ3v) is 4.34. The van der Waals surface area contributed by atoms with Crippen molar-refractivity contribution in [3.8, 4) is 0 Å². The lowest BCUT2D eigenvalue weighted by molar-refractivity contribution is 0.730. The summed E-state index contributed by atoms with van der Waals surface area (Å²) in [6, 6.07) is 12.9. The molecule has 0 aliphatic carbocycles. The Hall–Kier alpha value is -1.06. The summed E-state index contributed by atoms with van der Waals surface area (Å²) >= 11 is 5.34. The molecular formula is C14H12BrNS. The van der Waals surface area contributed by atoms with Gasteiger partial charge in [0.25, 0.3) is 0 Å². The van der Waals surface area contributed by atoms with E-state index in [2.05, 4.69) is 68.5 Å². The van der Waals surface area contributed by atoms with Gasteiger partial charge in [0, 0.05) is 33.0 Å². The molecule has 0 amide bonds. The molecule has 0 saturated heterocycles. The van der Waals surface area contributed by atoms with Gasteiger partial charge in [-0.3, -0.25) is 0 Å². The molecule has 2 aromatic heterocycles. The lowest BCUT2D eigenvalue weighted by Gasteiger charge is -2.04. The van der Waals surface area contributed by atoms with Crippen molar-refractivity contribution >= 4 is 38.2 Å². The van der Waals surface area contributed by atoms with Gasteiger partial charge in [0.05, 0.1) is 0 Å². The Bertz CT molecular complexity index is 625. The molecular weight excluding hydrogens is 294 g/mol. The van der Waals surface area contributed by atoms with Crippen LogP contribution in [-0.2, 0) is 13.0 Å². The molecule has 1 aromatic carbocycles. The highest BCUT2D eigenvalue weighted by Gasteiger charge is 2.02. The zero-order chi connectivity index (χ0) is 11.7. The van der Waals surface area contributed by atoms with E-state index in [1.807, 2.05) is 11.3 Å². The standard InChI is InChI=1S/C14H12BrNS/c15-12-3-4-14-11(10-12)5-7-16(14)8-6-13-2-1-9-17-13/h1-5,7,9-10H,6,8H2. The van der Waals surface area contributed by atoms with Gasteiger partial charge in [0.2, 0.25) is 0 Å². The molecule has 0 unspecified atom stereocenters. The smallest absolute Gasteiger partial charge is 0.0481 e. The Labute approximate surface area is 113 Å². The Kier molecular flexibility index (Phi) is 3.04. The minimum Gasteiger partial charge on any atom is -0.347 e. The summed E-state index contributed by atoms with van der Waals surface area (Å²) in [4.78, 5) is 1.45. The van der Waals surface area contributed by atoms with Crippen molar-refractivity contribution in [2.45, 2.75) is 13.0 Å². The van der Waals surface area contributed by atoms with Crippen LogP contribution in [0, 0.1) is 0 Å². The third kappa shape index (κ3) is 2.31. The highest BCUT2D eigenvalue weighted by atomic mass is 79.9. The first-order chi connectivity index (χ1) is 8.33. The Morgan fingerprint density at radius 1 is 1.18 bits per heavy atom. The highest BCUT2D eigenvalue weighted by Crippen LogP contribution is 2.21. The molecule has 0 saturated carbocycles. The van der Waals surface area contributed by atoms with Crippen LogP contribution in [0.15, 0.2) is 52.4 Å². The zero-order valence-corrected chi connectivity index (χ0v) is 11.7. The predicted octanol–water partition coefficient (Wildman–Crippen LogP) is 4.71. The van der Waals surface area contributed by atoms with E-state index < -0.39 is 0 Å². The van der Waals surface area contributed by atoms with Gasteiger partial charge in [-0.2, -0.15) is 0 Å². The first kappa shape index (κ1) is 11.1. The lowest BCUT2D eigenvalue weighted by Crippen LogP contribution is -1.98. The molecule has 17 heavy (non-hydrogen) atoms. The normalized spacial score (nSPS) is 11.1. The number of nitrogens with zero attached hydrogens (tertiary/aromatic N) is 1. The summed E-state index contributed by atoms with van der Waals surface area (Å²) < 4.78 is 3.46. The maximum absolute atomic E-state index is 3.50. The molecule has 0 fully saturated rings. The summed E-state index contributed by atoms with van der Waals surface area (Å²) in [7, 11) is 0. The fourth-order valence-electron chi connectivity index (χ4n) is 2.05. The van der Waals surface area contributed by atoms with Gasteiger partial charge in [0.15, 0.2) is 0 Å². The van der Waals surface area contributed by atoms with Crippen LogP contribution in [-0.4, -0.2) is 4.57 Å². The summed E-state index contributed by atoms with van der Waals surface area (Å²) in [5, 5.41) is 3.44. The summed E-state index contributed by atoms with van der Waals surface area (Å²) in [5.41, 5.74) is 1.31. The van der Waals surface area contributed by atoms with Gasteiger partial charge in [-0.15, -0.1) is 11.3 Å². The van der Waals surface area contributed by atoms with Crippen LogP contribution < -0.4 is 0 Å². The molecule has 0 aliphatic rings. The molecule has 1 nitrogen and oxygen atoms in total. The van der Waals surface area contributed by atoms with Crippen molar-refractivity contribution in [3.05, 3.63) is 57.3 Å². The lowest BCUT2D eigenvalue weighted by atomic mass is 10.2. The third-order valence-electron chi connectivity index (χ3n) is 2.91. The molecule has 0 atom stereocenters. The second kappa shape index (κ2) is 4.67. The van der Waals surface area contributed by atoms with E-state index in [0.717, 1.165) is 17.4 Å². The topological polar surface area (TPSA) is 4.93 Å². The molecule has 3 heteroatoms. The van der Waals surface area contributed by atoms with E-state index >= 15 is 0 Å². The van der Waals surface area contributed by atoms with Crippen LogP contribution in [0.2, 0.25) is 0 Å². The fourth-order valence-corrected chi connectivity index (χ4v) is 3.13. The molecule has 86 valence electrons. The zero-order valence-electron chi connectivity index (χ0n) is 9.27. The van der Waals surface area contributed by atoms with Crippen molar-refractivity contribution < 1.29 is 0 Å². The van der Waals surface area contributed by atoms with Gasteiger partial charge >= 0.3 is 0 Å². The number of fused-ring (bicyclic) bond motifs is 1. The largest absolute Gasteiger partial charge is 0.347 e. The van der Waals surface area contributed by atoms with Crippen molar-refractivity contribution in [3.63, 3.8) is 0 Å². The summed E-state index contributed by atoms with van der Waals surface area (Å²) in [5.74, 6) is 0. The maximum atomic E-state index is 3.50. The SMILES string of the molecule is Brc1ccc2c(ccn2CCc2cccs2)c1. The second-order valence-electron chi connectivity index (χ2n) is 4.04. The van der Waals surface area contributed by atoms with E-state index in [4.69, 9.17) is 0 Å². The van der Waals surface area contributed by atoms with E-state index in [-0.39, 0.29) is 0 Å². The molecule has 0 radical (unpaired) electrons. The van der Waals surface area contributed by atoms with Crippen LogP contribution in [0.1, 0.15) is 4.88 Å². The van der Waals surface area contributed by atoms with Gasteiger partial charge < -0.3 is 4.57 Å². The van der Waals surface area contributed by atoms with Crippen LogP contribution in [0.5, 0.6) is 0 Å². The Morgan fingerprint density at radius 3 is 2.94 bits per heavy atom. The Morgan fingerprint density at radius 2 is 2.12 bits per heavy atom. The highest BCUT2D eigenvalue weighted by molar-refractivity contribution is 9.10. The first-order valence-electron chi connectivity index (χ1n) is 5.60. The molecule has 3 rings (SSSR count). The minimum atomic E-state index is 1.05.